The third-order valence-electron chi connectivity index (χ3n) is 4.74. The lowest BCUT2D eigenvalue weighted by molar-refractivity contribution is -0.142. The number of esters is 1. The Hall–Kier alpha value is -3.79. The van der Waals surface area contributed by atoms with Gasteiger partial charge in [-0.15, -0.1) is 0 Å². The van der Waals surface area contributed by atoms with Crippen LogP contribution in [0.1, 0.15) is 26.3 Å². The highest BCUT2D eigenvalue weighted by Gasteiger charge is 2.25. The fourth-order valence-electron chi connectivity index (χ4n) is 3.18. The molecular weight excluding hydrogens is 435 g/mol. The molecule has 2 aromatic carbocycles. The van der Waals surface area contributed by atoms with E-state index in [9.17, 15) is 18.8 Å². The SMILES string of the molecule is COC(=O)C(Cc1cncnc1)NC(=O)c1ccc2c(c1)NC(=O)c1cc(F)ccc1S2. The number of carbonyl (C=O) groups excluding carboxylic acids is 3. The van der Waals surface area contributed by atoms with Gasteiger partial charge in [-0.25, -0.2) is 19.2 Å². The highest BCUT2D eigenvalue weighted by atomic mass is 32.2. The Balaban J connectivity index is 1.56. The Morgan fingerprint density at radius 2 is 1.91 bits per heavy atom. The molecule has 0 aliphatic carbocycles. The van der Waals surface area contributed by atoms with Crippen molar-refractivity contribution in [3.63, 3.8) is 0 Å². The number of aromatic nitrogens is 2. The zero-order valence-corrected chi connectivity index (χ0v) is 17.6. The maximum absolute atomic E-state index is 13.6. The van der Waals surface area contributed by atoms with E-state index in [-0.39, 0.29) is 17.5 Å². The Morgan fingerprint density at radius 1 is 1.16 bits per heavy atom. The van der Waals surface area contributed by atoms with Gasteiger partial charge in [-0.05, 0) is 42.0 Å². The average molecular weight is 452 g/mol. The van der Waals surface area contributed by atoms with E-state index < -0.39 is 29.6 Å². The first-order chi connectivity index (χ1) is 15.4. The lowest BCUT2D eigenvalue weighted by Gasteiger charge is -2.17. The smallest absolute Gasteiger partial charge is 0.328 e. The molecule has 2 heterocycles. The lowest BCUT2D eigenvalue weighted by atomic mass is 10.1. The van der Waals surface area contributed by atoms with Gasteiger partial charge in [0.1, 0.15) is 18.2 Å². The van der Waals surface area contributed by atoms with Gasteiger partial charge >= 0.3 is 5.97 Å². The van der Waals surface area contributed by atoms with Gasteiger partial charge in [-0.1, -0.05) is 11.8 Å². The number of hydrogen-bond donors (Lipinski definition) is 2. The molecule has 1 aromatic heterocycles. The average Bonchev–Trinajstić information content (AvgIpc) is 2.93. The van der Waals surface area contributed by atoms with Crippen LogP contribution in [-0.2, 0) is 16.0 Å². The number of nitrogens with one attached hydrogen (secondary N) is 2. The van der Waals surface area contributed by atoms with Crippen LogP contribution in [-0.4, -0.2) is 40.9 Å². The number of amides is 2. The van der Waals surface area contributed by atoms with Crippen molar-refractivity contribution in [1.82, 2.24) is 15.3 Å². The highest BCUT2D eigenvalue weighted by molar-refractivity contribution is 7.99. The van der Waals surface area contributed by atoms with Crippen LogP contribution in [0.2, 0.25) is 0 Å². The van der Waals surface area contributed by atoms with Crippen molar-refractivity contribution >= 4 is 35.2 Å². The number of fused-ring (bicyclic) bond motifs is 2. The second-order valence-electron chi connectivity index (χ2n) is 6.91. The van der Waals surface area contributed by atoms with Gasteiger partial charge in [0, 0.05) is 34.2 Å². The molecule has 32 heavy (non-hydrogen) atoms. The number of carbonyl (C=O) groups is 3. The highest BCUT2D eigenvalue weighted by Crippen LogP contribution is 2.39. The monoisotopic (exact) mass is 452 g/mol. The molecule has 10 heteroatoms. The van der Waals surface area contributed by atoms with E-state index in [2.05, 4.69) is 20.6 Å². The van der Waals surface area contributed by atoms with Crippen LogP contribution in [0.15, 0.2) is 64.9 Å². The topological polar surface area (TPSA) is 110 Å². The second kappa shape index (κ2) is 9.15. The Kier molecular flexibility index (Phi) is 6.13. The van der Waals surface area contributed by atoms with Crippen molar-refractivity contribution in [3.05, 3.63) is 77.6 Å². The summed E-state index contributed by atoms with van der Waals surface area (Å²) in [6, 6.07) is 7.83. The largest absolute Gasteiger partial charge is 0.467 e. The predicted octanol–water partition coefficient (Wildman–Crippen LogP) is 2.85. The van der Waals surface area contributed by atoms with Gasteiger partial charge in [-0.2, -0.15) is 0 Å². The molecule has 2 amide bonds. The van der Waals surface area contributed by atoms with Crippen molar-refractivity contribution in [2.24, 2.45) is 0 Å². The molecule has 4 rings (SSSR count). The summed E-state index contributed by atoms with van der Waals surface area (Å²) in [4.78, 5) is 46.7. The lowest BCUT2D eigenvalue weighted by Crippen LogP contribution is -2.43. The minimum atomic E-state index is -0.950. The molecule has 0 fully saturated rings. The van der Waals surface area contributed by atoms with Crippen LogP contribution in [0.4, 0.5) is 10.1 Å². The van der Waals surface area contributed by atoms with E-state index in [0.29, 0.717) is 21.0 Å². The standard InChI is InChI=1S/C22H17FN4O4S/c1-31-22(30)17(6-12-9-24-11-25-10-12)27-20(28)13-2-4-19-16(7-13)26-21(29)15-8-14(23)3-5-18(15)32-19/h2-5,7-11,17H,6H2,1H3,(H,26,29)(H,27,28). The number of rotatable bonds is 5. The molecule has 0 bridgehead atoms. The summed E-state index contributed by atoms with van der Waals surface area (Å²) in [7, 11) is 1.23. The van der Waals surface area contributed by atoms with Crippen LogP contribution in [0, 0.1) is 5.82 Å². The van der Waals surface area contributed by atoms with Crippen LogP contribution >= 0.6 is 11.8 Å². The van der Waals surface area contributed by atoms with E-state index in [4.69, 9.17) is 4.74 Å². The Bertz CT molecular complexity index is 1210. The van der Waals surface area contributed by atoms with Gasteiger partial charge in [-0.3, -0.25) is 9.59 Å². The molecule has 1 aliphatic heterocycles. The number of benzene rings is 2. The molecule has 1 atom stereocenters. The van der Waals surface area contributed by atoms with Gasteiger partial charge in [0.2, 0.25) is 0 Å². The molecule has 162 valence electrons. The van der Waals surface area contributed by atoms with E-state index in [0.717, 1.165) is 0 Å². The normalized spacial score (nSPS) is 13.1. The molecule has 1 unspecified atom stereocenters. The number of anilines is 1. The van der Waals surface area contributed by atoms with Crippen molar-refractivity contribution in [1.29, 1.82) is 0 Å². The van der Waals surface area contributed by atoms with E-state index >= 15 is 0 Å². The maximum Gasteiger partial charge on any atom is 0.328 e. The third kappa shape index (κ3) is 4.59. The first-order valence-electron chi connectivity index (χ1n) is 9.50. The Morgan fingerprint density at radius 3 is 2.66 bits per heavy atom. The zero-order chi connectivity index (χ0) is 22.7. The quantitative estimate of drug-likeness (QED) is 0.573. The van der Waals surface area contributed by atoms with Crippen LogP contribution in [0.25, 0.3) is 0 Å². The van der Waals surface area contributed by atoms with Gasteiger partial charge < -0.3 is 15.4 Å². The van der Waals surface area contributed by atoms with Crippen LogP contribution < -0.4 is 10.6 Å². The molecule has 0 radical (unpaired) electrons. The fraction of sp³-hybridized carbons (Fsp3) is 0.136. The minimum Gasteiger partial charge on any atom is -0.467 e. The molecule has 0 saturated heterocycles. The zero-order valence-electron chi connectivity index (χ0n) is 16.8. The number of nitrogens with zero attached hydrogens (tertiary/aromatic N) is 2. The van der Waals surface area contributed by atoms with Gasteiger partial charge in [0.15, 0.2) is 0 Å². The van der Waals surface area contributed by atoms with E-state index in [1.807, 2.05) is 0 Å². The van der Waals surface area contributed by atoms with Gasteiger partial charge in [0.25, 0.3) is 11.8 Å². The molecular formula is C22H17FN4O4S. The molecule has 0 spiro atoms. The van der Waals surface area contributed by atoms with Gasteiger partial charge in [0.05, 0.1) is 18.4 Å². The summed E-state index contributed by atoms with van der Waals surface area (Å²) < 4.78 is 18.4. The van der Waals surface area contributed by atoms with Crippen molar-refractivity contribution < 1.29 is 23.5 Å². The second-order valence-corrected chi connectivity index (χ2v) is 7.99. The summed E-state index contributed by atoms with van der Waals surface area (Å²) in [5.74, 6) is -2.12. The summed E-state index contributed by atoms with van der Waals surface area (Å²) >= 11 is 1.29. The summed E-state index contributed by atoms with van der Waals surface area (Å²) in [5, 5.41) is 5.37. The van der Waals surface area contributed by atoms with Crippen LogP contribution in [0.3, 0.4) is 0 Å². The first kappa shape index (κ1) is 21.4. The van der Waals surface area contributed by atoms with Crippen LogP contribution in [0.5, 0.6) is 0 Å². The summed E-state index contributed by atoms with van der Waals surface area (Å²) in [6.07, 6.45) is 4.61. The van der Waals surface area contributed by atoms with Crippen molar-refractivity contribution in [2.75, 3.05) is 12.4 Å². The number of methoxy groups -OCH3 is 1. The maximum atomic E-state index is 13.6. The predicted molar refractivity (Wildman–Crippen MR) is 114 cm³/mol. The molecule has 8 nitrogen and oxygen atoms in total. The number of hydrogen-bond acceptors (Lipinski definition) is 7. The molecule has 0 saturated carbocycles. The molecule has 1 aliphatic rings. The van der Waals surface area contributed by atoms with Crippen molar-refractivity contribution in [2.45, 2.75) is 22.3 Å². The molecule has 2 N–H and O–H groups in total. The summed E-state index contributed by atoms with van der Waals surface area (Å²) in [6.45, 7) is 0. The number of halogens is 1. The summed E-state index contributed by atoms with van der Waals surface area (Å²) in [5.41, 5.74) is 1.52. The van der Waals surface area contributed by atoms with E-state index in [1.54, 1.807) is 30.6 Å². The third-order valence-corrected chi connectivity index (χ3v) is 5.89. The van der Waals surface area contributed by atoms with Crippen molar-refractivity contribution in [3.8, 4) is 0 Å². The number of ether oxygens (including phenoxy) is 1. The Labute approximate surface area is 186 Å². The fourth-order valence-corrected chi connectivity index (χ4v) is 4.17. The van der Waals surface area contributed by atoms with E-state index in [1.165, 1.54) is 43.4 Å². The first-order valence-corrected chi connectivity index (χ1v) is 10.3. The minimum absolute atomic E-state index is 0.150. The molecule has 3 aromatic rings.